The molecule has 0 radical (unpaired) electrons. The number of aromatic nitrogens is 1. The molecule has 0 N–H and O–H groups in total. The lowest BCUT2D eigenvalue weighted by atomic mass is 10.2. The van der Waals surface area contributed by atoms with Crippen molar-refractivity contribution >= 4 is 53.8 Å². The van der Waals surface area contributed by atoms with Crippen LogP contribution in [-0.4, -0.2) is 10.8 Å². The molecule has 0 aliphatic rings. The molecule has 0 saturated heterocycles. The van der Waals surface area contributed by atoms with E-state index in [9.17, 15) is 4.79 Å². The zero-order valence-electron chi connectivity index (χ0n) is 9.22. The third-order valence-electron chi connectivity index (χ3n) is 2.54. The zero-order valence-corrected chi connectivity index (χ0v) is 12.4. The Hall–Kier alpha value is -1.04. The third-order valence-corrected chi connectivity index (χ3v) is 5.15. The molecular formula is C13H8BrNOS2. The van der Waals surface area contributed by atoms with Gasteiger partial charge in [-0.05, 0) is 45.6 Å². The molecule has 18 heavy (non-hydrogen) atoms. The van der Waals surface area contributed by atoms with Crippen LogP contribution in [0.1, 0.15) is 15.4 Å². The highest BCUT2D eigenvalue weighted by Crippen LogP contribution is 2.30. The average molecular weight is 338 g/mol. The Morgan fingerprint density at radius 2 is 2.17 bits per heavy atom. The summed E-state index contributed by atoms with van der Waals surface area (Å²) in [5.74, 6) is 0.137. The van der Waals surface area contributed by atoms with Gasteiger partial charge in [-0.2, -0.15) is 0 Å². The van der Waals surface area contributed by atoms with Crippen molar-refractivity contribution in [3.05, 3.63) is 50.9 Å². The van der Waals surface area contributed by atoms with E-state index in [-0.39, 0.29) is 5.78 Å². The number of hydrogen-bond donors (Lipinski definition) is 0. The number of hydrogen-bond acceptors (Lipinski definition) is 4. The Kier molecular flexibility index (Phi) is 3.28. The van der Waals surface area contributed by atoms with E-state index in [1.807, 2.05) is 23.6 Å². The van der Waals surface area contributed by atoms with Gasteiger partial charge in [0.15, 0.2) is 5.78 Å². The molecule has 3 heterocycles. The quantitative estimate of drug-likeness (QED) is 0.656. The topological polar surface area (TPSA) is 30.0 Å². The summed E-state index contributed by atoms with van der Waals surface area (Å²) in [6.07, 6.45) is 2.08. The van der Waals surface area contributed by atoms with Crippen LogP contribution in [0.25, 0.3) is 9.40 Å². The molecule has 0 aliphatic carbocycles. The molecule has 0 bridgehead atoms. The summed E-state index contributed by atoms with van der Waals surface area (Å²) >= 11 is 6.56. The van der Waals surface area contributed by atoms with E-state index in [1.54, 1.807) is 28.9 Å². The van der Waals surface area contributed by atoms with Crippen molar-refractivity contribution in [3.63, 3.8) is 0 Å². The molecule has 0 unspecified atom stereocenters. The van der Waals surface area contributed by atoms with Crippen molar-refractivity contribution in [1.29, 1.82) is 0 Å². The van der Waals surface area contributed by atoms with Crippen LogP contribution in [0.5, 0.6) is 0 Å². The minimum atomic E-state index is 0.137. The van der Waals surface area contributed by atoms with Crippen molar-refractivity contribution in [2.75, 3.05) is 0 Å². The molecule has 0 fully saturated rings. The molecule has 90 valence electrons. The van der Waals surface area contributed by atoms with Crippen LogP contribution in [-0.2, 0) is 6.42 Å². The van der Waals surface area contributed by atoms with E-state index < -0.39 is 0 Å². The molecule has 3 aromatic rings. The number of carbonyl (C=O) groups excluding carboxylic acids is 1. The van der Waals surface area contributed by atoms with E-state index in [0.29, 0.717) is 6.42 Å². The number of carbonyl (C=O) groups is 1. The highest BCUT2D eigenvalue weighted by atomic mass is 79.9. The van der Waals surface area contributed by atoms with Gasteiger partial charge in [-0.1, -0.05) is 0 Å². The SMILES string of the molecule is O=C(Cc1ccc(Br)cn1)c1cc2sccc2s1. The maximum Gasteiger partial charge on any atom is 0.178 e. The van der Waals surface area contributed by atoms with E-state index in [4.69, 9.17) is 0 Å². The molecule has 3 aromatic heterocycles. The average Bonchev–Trinajstić information content (AvgIpc) is 2.92. The van der Waals surface area contributed by atoms with Gasteiger partial charge in [-0.3, -0.25) is 9.78 Å². The Morgan fingerprint density at radius 3 is 2.89 bits per heavy atom. The number of pyridine rings is 1. The normalized spacial score (nSPS) is 10.9. The summed E-state index contributed by atoms with van der Waals surface area (Å²) in [7, 11) is 0. The molecule has 0 saturated carbocycles. The molecule has 0 amide bonds. The van der Waals surface area contributed by atoms with Gasteiger partial charge in [0.25, 0.3) is 0 Å². The van der Waals surface area contributed by atoms with Gasteiger partial charge in [0, 0.05) is 25.8 Å². The maximum absolute atomic E-state index is 12.1. The molecule has 0 aliphatic heterocycles. The van der Waals surface area contributed by atoms with Crippen molar-refractivity contribution in [3.8, 4) is 0 Å². The lowest BCUT2D eigenvalue weighted by Gasteiger charge is -1.98. The predicted octanol–water partition coefficient (Wildman–Crippen LogP) is 4.55. The zero-order chi connectivity index (χ0) is 12.5. The molecule has 2 nitrogen and oxygen atoms in total. The minimum absolute atomic E-state index is 0.137. The first-order valence-electron chi connectivity index (χ1n) is 5.33. The predicted molar refractivity (Wildman–Crippen MR) is 79.7 cm³/mol. The molecular weight excluding hydrogens is 330 g/mol. The van der Waals surface area contributed by atoms with Gasteiger partial charge >= 0.3 is 0 Å². The fourth-order valence-electron chi connectivity index (χ4n) is 1.67. The Morgan fingerprint density at radius 1 is 1.28 bits per heavy atom. The van der Waals surface area contributed by atoms with Crippen LogP contribution in [0.2, 0.25) is 0 Å². The Balaban J connectivity index is 1.82. The van der Waals surface area contributed by atoms with Crippen molar-refractivity contribution in [2.24, 2.45) is 0 Å². The molecule has 5 heteroatoms. The van der Waals surface area contributed by atoms with Crippen LogP contribution < -0.4 is 0 Å². The Bertz CT molecular complexity index is 671. The van der Waals surface area contributed by atoms with Crippen LogP contribution in [0, 0.1) is 0 Å². The summed E-state index contributed by atoms with van der Waals surface area (Å²) in [6.45, 7) is 0. The number of fused-ring (bicyclic) bond motifs is 1. The third kappa shape index (κ3) is 2.39. The molecule has 0 aromatic carbocycles. The van der Waals surface area contributed by atoms with Crippen LogP contribution in [0.3, 0.4) is 0 Å². The minimum Gasteiger partial charge on any atom is -0.293 e. The summed E-state index contributed by atoms with van der Waals surface area (Å²) in [6, 6.07) is 7.81. The number of ketones is 1. The largest absolute Gasteiger partial charge is 0.293 e. The van der Waals surface area contributed by atoms with Gasteiger partial charge in [-0.15, -0.1) is 22.7 Å². The fourth-order valence-corrected chi connectivity index (χ4v) is 3.95. The van der Waals surface area contributed by atoms with Gasteiger partial charge in [0.05, 0.1) is 11.3 Å². The first-order valence-corrected chi connectivity index (χ1v) is 7.82. The molecule has 0 atom stereocenters. The molecule has 3 rings (SSSR count). The summed E-state index contributed by atoms with van der Waals surface area (Å²) < 4.78 is 3.30. The fraction of sp³-hybridized carbons (Fsp3) is 0.0769. The Labute approximate surface area is 120 Å². The second kappa shape index (κ2) is 4.91. The summed E-state index contributed by atoms with van der Waals surface area (Å²) in [4.78, 5) is 17.2. The molecule has 0 spiro atoms. The van der Waals surface area contributed by atoms with Gasteiger partial charge in [0.2, 0.25) is 0 Å². The number of thiophene rings is 2. The summed E-state index contributed by atoms with van der Waals surface area (Å²) in [5, 5.41) is 2.05. The van der Waals surface area contributed by atoms with E-state index in [1.165, 1.54) is 9.40 Å². The van der Waals surface area contributed by atoms with E-state index in [0.717, 1.165) is 15.0 Å². The van der Waals surface area contributed by atoms with Crippen molar-refractivity contribution < 1.29 is 4.79 Å². The van der Waals surface area contributed by atoms with Crippen molar-refractivity contribution in [1.82, 2.24) is 4.98 Å². The first-order chi connectivity index (χ1) is 8.72. The number of nitrogens with zero attached hydrogens (tertiary/aromatic N) is 1. The van der Waals surface area contributed by atoms with E-state index >= 15 is 0 Å². The second-order valence-corrected chi connectivity index (χ2v) is 6.77. The monoisotopic (exact) mass is 337 g/mol. The number of rotatable bonds is 3. The highest BCUT2D eigenvalue weighted by molar-refractivity contribution is 9.10. The number of Topliss-reactive ketones (excluding diaryl/α,β-unsaturated/α-hetero) is 1. The van der Waals surface area contributed by atoms with Gasteiger partial charge in [0.1, 0.15) is 0 Å². The van der Waals surface area contributed by atoms with Crippen molar-refractivity contribution in [2.45, 2.75) is 6.42 Å². The number of halogens is 1. The first kappa shape index (κ1) is 12.0. The highest BCUT2D eigenvalue weighted by Gasteiger charge is 2.12. The maximum atomic E-state index is 12.1. The van der Waals surface area contributed by atoms with Gasteiger partial charge < -0.3 is 0 Å². The smallest absolute Gasteiger partial charge is 0.178 e. The lowest BCUT2D eigenvalue weighted by molar-refractivity contribution is 0.0996. The standard InChI is InChI=1S/C13H8BrNOS2/c14-8-1-2-9(15-7-8)5-10(16)12-6-13-11(18-12)3-4-17-13/h1-4,6-7H,5H2. The van der Waals surface area contributed by atoms with Crippen LogP contribution in [0.15, 0.2) is 40.3 Å². The second-order valence-electron chi connectivity index (χ2n) is 3.83. The van der Waals surface area contributed by atoms with Gasteiger partial charge in [-0.25, -0.2) is 0 Å². The van der Waals surface area contributed by atoms with Crippen LogP contribution >= 0.6 is 38.6 Å². The van der Waals surface area contributed by atoms with E-state index in [2.05, 4.69) is 27.0 Å². The summed E-state index contributed by atoms with van der Waals surface area (Å²) in [5.41, 5.74) is 0.806. The van der Waals surface area contributed by atoms with Crippen LogP contribution in [0.4, 0.5) is 0 Å². The lowest BCUT2D eigenvalue weighted by Crippen LogP contribution is -2.02.